The van der Waals surface area contributed by atoms with Gasteiger partial charge in [-0.1, -0.05) is 17.3 Å². The van der Waals surface area contributed by atoms with E-state index in [0.29, 0.717) is 26.1 Å². The van der Waals surface area contributed by atoms with Crippen molar-refractivity contribution in [2.45, 2.75) is 51.5 Å². The van der Waals surface area contributed by atoms with Crippen LogP contribution in [0.1, 0.15) is 38.3 Å². The molecule has 2 heterocycles. The van der Waals surface area contributed by atoms with Crippen LogP contribution in [0.25, 0.3) is 0 Å². The van der Waals surface area contributed by atoms with Crippen LogP contribution in [0.15, 0.2) is 47.6 Å². The summed E-state index contributed by atoms with van der Waals surface area (Å²) in [6.07, 6.45) is -0.0784. The number of hydrogen-bond acceptors (Lipinski definition) is 8. The Kier molecular flexibility index (Phi) is 7.60. The van der Waals surface area contributed by atoms with Crippen LogP contribution in [0.4, 0.5) is 0 Å². The molecule has 0 aliphatic carbocycles. The Morgan fingerprint density at radius 1 is 1.15 bits per heavy atom. The minimum atomic E-state index is -0.625. The fourth-order valence-corrected chi connectivity index (χ4v) is 3.99. The molecule has 0 saturated heterocycles. The van der Waals surface area contributed by atoms with Gasteiger partial charge in [0.05, 0.1) is 31.1 Å². The Hall–Kier alpha value is -2.81. The van der Waals surface area contributed by atoms with Crippen molar-refractivity contribution in [3.8, 4) is 17.2 Å². The van der Waals surface area contributed by atoms with Crippen LogP contribution >= 0.6 is 0 Å². The predicted molar refractivity (Wildman–Crippen MR) is 129 cm³/mol. The second kappa shape index (κ2) is 10.6. The summed E-state index contributed by atoms with van der Waals surface area (Å²) >= 11 is 0. The first-order valence-electron chi connectivity index (χ1n) is 11.6. The molecule has 8 heteroatoms. The van der Waals surface area contributed by atoms with Crippen molar-refractivity contribution in [3.05, 3.63) is 53.6 Å². The monoisotopic (exact) mass is 470 g/mol. The lowest BCUT2D eigenvalue weighted by Gasteiger charge is -2.28. The second-order valence-electron chi connectivity index (χ2n) is 9.66. The van der Waals surface area contributed by atoms with E-state index in [0.717, 1.165) is 34.1 Å². The van der Waals surface area contributed by atoms with Crippen molar-refractivity contribution >= 4 is 5.71 Å². The third-order valence-electron chi connectivity index (χ3n) is 5.62. The van der Waals surface area contributed by atoms with Gasteiger partial charge in [0.1, 0.15) is 11.9 Å². The summed E-state index contributed by atoms with van der Waals surface area (Å²) in [5.74, 6) is 2.28. The van der Waals surface area contributed by atoms with Crippen LogP contribution in [0, 0.1) is 0 Å². The third-order valence-corrected chi connectivity index (χ3v) is 5.62. The Labute approximate surface area is 201 Å². The van der Waals surface area contributed by atoms with E-state index >= 15 is 0 Å². The van der Waals surface area contributed by atoms with E-state index in [1.54, 1.807) is 7.11 Å². The molecule has 184 valence electrons. The van der Waals surface area contributed by atoms with E-state index in [2.05, 4.69) is 16.1 Å². The molecule has 0 radical (unpaired) electrons. The molecular weight excluding hydrogens is 436 g/mol. The Bertz CT molecular complexity index is 1000. The van der Waals surface area contributed by atoms with Gasteiger partial charge in [-0.05, 0) is 56.7 Å². The van der Waals surface area contributed by atoms with Crippen molar-refractivity contribution < 1.29 is 28.9 Å². The molecule has 0 saturated carbocycles. The number of aliphatic hydroxyl groups excluding tert-OH is 1. The van der Waals surface area contributed by atoms with Gasteiger partial charge in [0.25, 0.3) is 0 Å². The van der Waals surface area contributed by atoms with Crippen LogP contribution in [0.2, 0.25) is 0 Å². The molecule has 8 nitrogen and oxygen atoms in total. The van der Waals surface area contributed by atoms with E-state index in [4.69, 9.17) is 23.8 Å². The van der Waals surface area contributed by atoms with Gasteiger partial charge in [-0.3, -0.25) is 4.90 Å². The Balaban J connectivity index is 1.40. The molecule has 2 aromatic rings. The largest absolute Gasteiger partial charge is 0.497 e. The summed E-state index contributed by atoms with van der Waals surface area (Å²) < 4.78 is 22.0. The molecule has 0 spiro atoms. The normalized spacial score (nSPS) is 18.1. The Morgan fingerprint density at radius 3 is 2.76 bits per heavy atom. The average molecular weight is 471 g/mol. The standard InChI is InChI=1S/C26H34N2O6/c1-26(2,3)33-16-20(29)14-28(13-18-6-5-7-21(10-18)30-4)15-22-12-23(27-34-22)19-8-9-24-25(11-19)32-17-31-24/h5-11,20,22,29H,12-17H2,1-4H3/t20-,22+/m0/s1. The average Bonchev–Trinajstić information content (AvgIpc) is 3.46. The molecule has 0 fully saturated rings. The summed E-state index contributed by atoms with van der Waals surface area (Å²) in [5, 5.41) is 15.0. The maximum Gasteiger partial charge on any atom is 0.231 e. The number of ether oxygens (including phenoxy) is 4. The molecule has 2 atom stereocenters. The highest BCUT2D eigenvalue weighted by Crippen LogP contribution is 2.33. The van der Waals surface area contributed by atoms with Crippen molar-refractivity contribution in [2.75, 3.05) is 33.6 Å². The highest BCUT2D eigenvalue weighted by molar-refractivity contribution is 6.01. The lowest BCUT2D eigenvalue weighted by atomic mass is 10.0. The number of hydrogen-bond donors (Lipinski definition) is 1. The third kappa shape index (κ3) is 6.62. The number of fused-ring (bicyclic) bond motifs is 1. The second-order valence-corrected chi connectivity index (χ2v) is 9.66. The fourth-order valence-electron chi connectivity index (χ4n) is 3.99. The Morgan fingerprint density at radius 2 is 1.97 bits per heavy atom. The predicted octanol–water partition coefficient (Wildman–Crippen LogP) is 3.60. The van der Waals surface area contributed by atoms with Crippen molar-refractivity contribution in [1.29, 1.82) is 0 Å². The molecular formula is C26H34N2O6. The summed E-state index contributed by atoms with van der Waals surface area (Å²) in [4.78, 5) is 7.96. The topological polar surface area (TPSA) is 82.0 Å². The quantitative estimate of drug-likeness (QED) is 0.568. The van der Waals surface area contributed by atoms with E-state index in [1.807, 2.05) is 57.2 Å². The number of rotatable bonds is 10. The van der Waals surface area contributed by atoms with Crippen molar-refractivity contribution in [2.24, 2.45) is 5.16 Å². The zero-order valence-corrected chi connectivity index (χ0v) is 20.3. The molecule has 0 bridgehead atoms. The van der Waals surface area contributed by atoms with Crippen LogP contribution in [0.3, 0.4) is 0 Å². The van der Waals surface area contributed by atoms with Gasteiger partial charge < -0.3 is 28.9 Å². The molecule has 1 N–H and O–H groups in total. The van der Waals surface area contributed by atoms with Crippen LogP contribution in [-0.4, -0.2) is 67.1 Å². The number of oxime groups is 1. The van der Waals surface area contributed by atoms with Gasteiger partial charge in [-0.2, -0.15) is 0 Å². The van der Waals surface area contributed by atoms with Crippen LogP contribution < -0.4 is 14.2 Å². The summed E-state index contributed by atoms with van der Waals surface area (Å²) in [5.41, 5.74) is 2.63. The van der Waals surface area contributed by atoms with E-state index in [-0.39, 0.29) is 25.1 Å². The summed E-state index contributed by atoms with van der Waals surface area (Å²) in [6, 6.07) is 13.8. The molecule has 0 unspecified atom stereocenters. The zero-order valence-electron chi connectivity index (χ0n) is 20.3. The SMILES string of the molecule is COc1cccc(CN(C[C@H](O)COC(C)(C)C)C[C@H]2CC(c3ccc4c(c3)OCO4)=NO2)c1. The van der Waals surface area contributed by atoms with Gasteiger partial charge >= 0.3 is 0 Å². The number of nitrogens with zero attached hydrogens (tertiary/aromatic N) is 2. The molecule has 0 amide bonds. The maximum absolute atomic E-state index is 10.7. The van der Waals surface area contributed by atoms with Gasteiger partial charge in [0.15, 0.2) is 11.5 Å². The molecule has 2 aromatic carbocycles. The smallest absolute Gasteiger partial charge is 0.231 e. The highest BCUT2D eigenvalue weighted by Gasteiger charge is 2.27. The van der Waals surface area contributed by atoms with Crippen molar-refractivity contribution in [3.63, 3.8) is 0 Å². The van der Waals surface area contributed by atoms with Gasteiger partial charge in [-0.25, -0.2) is 0 Å². The molecule has 0 aromatic heterocycles. The van der Waals surface area contributed by atoms with Gasteiger partial charge in [-0.15, -0.1) is 0 Å². The molecule has 2 aliphatic heterocycles. The van der Waals surface area contributed by atoms with Crippen LogP contribution in [0.5, 0.6) is 17.2 Å². The summed E-state index contributed by atoms with van der Waals surface area (Å²) in [6.45, 7) is 8.16. The lowest BCUT2D eigenvalue weighted by Crippen LogP contribution is -2.40. The fraction of sp³-hybridized carbons (Fsp3) is 0.500. The highest BCUT2D eigenvalue weighted by atomic mass is 16.7. The number of methoxy groups -OCH3 is 1. The van der Waals surface area contributed by atoms with E-state index < -0.39 is 6.10 Å². The minimum absolute atomic E-state index is 0.123. The number of aliphatic hydroxyl groups is 1. The molecule has 34 heavy (non-hydrogen) atoms. The van der Waals surface area contributed by atoms with Gasteiger partial charge in [0.2, 0.25) is 6.79 Å². The molecule has 2 aliphatic rings. The first kappa shape index (κ1) is 24.3. The van der Waals surface area contributed by atoms with Gasteiger partial charge in [0, 0.05) is 31.6 Å². The van der Waals surface area contributed by atoms with E-state index in [9.17, 15) is 5.11 Å². The van der Waals surface area contributed by atoms with Crippen LogP contribution in [-0.2, 0) is 16.1 Å². The first-order valence-corrected chi connectivity index (χ1v) is 11.6. The first-order chi connectivity index (χ1) is 16.3. The lowest BCUT2D eigenvalue weighted by molar-refractivity contribution is -0.0600. The maximum atomic E-state index is 10.7. The van der Waals surface area contributed by atoms with Crippen molar-refractivity contribution in [1.82, 2.24) is 4.90 Å². The summed E-state index contributed by atoms with van der Waals surface area (Å²) in [7, 11) is 1.66. The molecule has 4 rings (SSSR count). The zero-order chi connectivity index (χ0) is 24.1. The van der Waals surface area contributed by atoms with E-state index in [1.165, 1.54) is 0 Å². The minimum Gasteiger partial charge on any atom is -0.497 e. The number of benzene rings is 2.